The summed E-state index contributed by atoms with van der Waals surface area (Å²) in [5, 5.41) is 3.35. The van der Waals surface area contributed by atoms with Crippen molar-refractivity contribution in [2.45, 2.75) is 19.8 Å². The first-order valence-electron chi connectivity index (χ1n) is 8.07. The molecule has 0 saturated heterocycles. The third kappa shape index (κ3) is 3.71. The average molecular weight is 318 g/mol. The second kappa shape index (κ2) is 7.13. The van der Waals surface area contributed by atoms with Crippen LogP contribution in [0.15, 0.2) is 67.1 Å². The SMILES string of the molecule is C=C(C)CNc1ccc(C(C)c2cnc(-c3ccncc3)[nH]2)cc1. The summed E-state index contributed by atoms with van der Waals surface area (Å²) in [7, 11) is 0. The van der Waals surface area contributed by atoms with Gasteiger partial charge in [0.05, 0.1) is 0 Å². The zero-order chi connectivity index (χ0) is 16.9. The van der Waals surface area contributed by atoms with Gasteiger partial charge in [-0.05, 0) is 36.8 Å². The van der Waals surface area contributed by atoms with Crippen molar-refractivity contribution in [3.8, 4) is 11.4 Å². The second-order valence-electron chi connectivity index (χ2n) is 6.08. The Morgan fingerprint density at radius 1 is 1.17 bits per heavy atom. The lowest BCUT2D eigenvalue weighted by atomic mass is 9.98. The van der Waals surface area contributed by atoms with Gasteiger partial charge in [0.15, 0.2) is 0 Å². The van der Waals surface area contributed by atoms with Crippen molar-refractivity contribution in [3.63, 3.8) is 0 Å². The van der Waals surface area contributed by atoms with Gasteiger partial charge in [-0.3, -0.25) is 4.98 Å². The van der Waals surface area contributed by atoms with Gasteiger partial charge >= 0.3 is 0 Å². The maximum atomic E-state index is 4.49. The molecule has 0 aliphatic heterocycles. The molecule has 122 valence electrons. The van der Waals surface area contributed by atoms with E-state index in [9.17, 15) is 0 Å². The van der Waals surface area contributed by atoms with Crippen molar-refractivity contribution < 1.29 is 0 Å². The highest BCUT2D eigenvalue weighted by Crippen LogP contribution is 2.26. The van der Waals surface area contributed by atoms with Crippen LogP contribution in [-0.4, -0.2) is 21.5 Å². The minimum absolute atomic E-state index is 0.253. The van der Waals surface area contributed by atoms with Gasteiger partial charge in [0.1, 0.15) is 5.82 Å². The molecule has 4 nitrogen and oxygen atoms in total. The molecule has 4 heteroatoms. The van der Waals surface area contributed by atoms with Crippen LogP contribution in [0, 0.1) is 0 Å². The summed E-state index contributed by atoms with van der Waals surface area (Å²) in [6, 6.07) is 12.4. The zero-order valence-corrected chi connectivity index (χ0v) is 14.1. The molecule has 3 rings (SSSR count). The Balaban J connectivity index is 1.73. The highest BCUT2D eigenvalue weighted by molar-refractivity contribution is 5.54. The van der Waals surface area contributed by atoms with Gasteiger partial charge in [0, 0.05) is 48.0 Å². The molecule has 2 N–H and O–H groups in total. The number of nitrogens with one attached hydrogen (secondary N) is 2. The van der Waals surface area contributed by atoms with Crippen molar-refractivity contribution >= 4 is 5.69 Å². The highest BCUT2D eigenvalue weighted by atomic mass is 14.9. The Labute approximate surface area is 142 Å². The van der Waals surface area contributed by atoms with Crippen molar-refractivity contribution in [1.82, 2.24) is 15.0 Å². The molecule has 1 atom stereocenters. The molecule has 2 heterocycles. The summed E-state index contributed by atoms with van der Waals surface area (Å²) in [4.78, 5) is 12.0. The van der Waals surface area contributed by atoms with E-state index >= 15 is 0 Å². The summed E-state index contributed by atoms with van der Waals surface area (Å²) in [5.41, 5.74) is 5.62. The molecule has 1 aromatic carbocycles. The number of aromatic nitrogens is 3. The van der Waals surface area contributed by atoms with Gasteiger partial charge in [0.2, 0.25) is 0 Å². The van der Waals surface area contributed by atoms with E-state index in [2.05, 4.69) is 58.0 Å². The number of pyridine rings is 1. The lowest BCUT2D eigenvalue weighted by molar-refractivity contribution is 0.884. The molecule has 24 heavy (non-hydrogen) atoms. The number of H-pyrrole nitrogens is 1. The van der Waals surface area contributed by atoms with Crippen molar-refractivity contribution in [2.24, 2.45) is 0 Å². The van der Waals surface area contributed by atoms with Crippen molar-refractivity contribution in [3.05, 3.63) is 78.4 Å². The Kier molecular flexibility index (Phi) is 4.75. The smallest absolute Gasteiger partial charge is 0.137 e. The summed E-state index contributed by atoms with van der Waals surface area (Å²) in [6.45, 7) is 8.90. The molecular weight excluding hydrogens is 296 g/mol. The molecule has 0 aliphatic carbocycles. The zero-order valence-electron chi connectivity index (χ0n) is 14.1. The quantitative estimate of drug-likeness (QED) is 0.652. The highest BCUT2D eigenvalue weighted by Gasteiger charge is 2.12. The van der Waals surface area contributed by atoms with E-state index in [4.69, 9.17) is 0 Å². The number of benzene rings is 1. The molecule has 0 amide bonds. The topological polar surface area (TPSA) is 53.6 Å². The minimum Gasteiger partial charge on any atom is -0.381 e. The minimum atomic E-state index is 0.253. The van der Waals surface area contributed by atoms with Crippen LogP contribution in [0.1, 0.15) is 31.0 Å². The third-order valence-corrected chi connectivity index (χ3v) is 4.02. The van der Waals surface area contributed by atoms with E-state index in [0.29, 0.717) is 0 Å². The lowest BCUT2D eigenvalue weighted by Gasteiger charge is -2.12. The summed E-state index contributed by atoms with van der Waals surface area (Å²) in [5.74, 6) is 1.13. The van der Waals surface area contributed by atoms with Crippen LogP contribution in [0.3, 0.4) is 0 Å². The third-order valence-electron chi connectivity index (χ3n) is 4.02. The summed E-state index contributed by atoms with van der Waals surface area (Å²) in [6.07, 6.45) is 5.46. The number of imidazole rings is 1. The lowest BCUT2D eigenvalue weighted by Crippen LogP contribution is -2.02. The van der Waals surface area contributed by atoms with Crippen LogP contribution in [0.4, 0.5) is 5.69 Å². The van der Waals surface area contributed by atoms with Gasteiger partial charge in [-0.25, -0.2) is 4.98 Å². The molecule has 0 spiro atoms. The normalized spacial score (nSPS) is 11.9. The monoisotopic (exact) mass is 318 g/mol. The fourth-order valence-corrected chi connectivity index (χ4v) is 2.53. The van der Waals surface area contributed by atoms with Crippen LogP contribution in [0.5, 0.6) is 0 Å². The summed E-state index contributed by atoms with van der Waals surface area (Å²) < 4.78 is 0. The predicted octanol–water partition coefficient (Wildman–Crippen LogP) is 4.61. The van der Waals surface area contributed by atoms with E-state index in [-0.39, 0.29) is 5.92 Å². The van der Waals surface area contributed by atoms with Crippen LogP contribution in [-0.2, 0) is 0 Å². The van der Waals surface area contributed by atoms with Gasteiger partial charge in [-0.2, -0.15) is 0 Å². The average Bonchev–Trinajstić information content (AvgIpc) is 3.10. The molecule has 0 bridgehead atoms. The van der Waals surface area contributed by atoms with Crippen LogP contribution < -0.4 is 5.32 Å². The van der Waals surface area contributed by atoms with Gasteiger partial charge in [0.25, 0.3) is 0 Å². The van der Waals surface area contributed by atoms with Crippen LogP contribution in [0.25, 0.3) is 11.4 Å². The van der Waals surface area contributed by atoms with Gasteiger partial charge < -0.3 is 10.3 Å². The Bertz CT molecular complexity index is 803. The van der Waals surface area contributed by atoms with Crippen molar-refractivity contribution in [2.75, 3.05) is 11.9 Å². The number of aromatic amines is 1. The fraction of sp³-hybridized carbons (Fsp3) is 0.200. The van der Waals surface area contributed by atoms with E-state index in [1.807, 2.05) is 25.3 Å². The second-order valence-corrected chi connectivity index (χ2v) is 6.08. The first kappa shape index (κ1) is 16.0. The molecule has 0 saturated carbocycles. The number of hydrogen-bond acceptors (Lipinski definition) is 3. The van der Waals surface area contributed by atoms with Crippen molar-refractivity contribution in [1.29, 1.82) is 0 Å². The first-order valence-corrected chi connectivity index (χ1v) is 8.07. The number of rotatable bonds is 6. The van der Waals surface area contributed by atoms with Crippen LogP contribution in [0.2, 0.25) is 0 Å². The predicted molar refractivity (Wildman–Crippen MR) is 99.1 cm³/mol. The largest absolute Gasteiger partial charge is 0.381 e. The standard InChI is InChI=1S/C20H22N4/c1-14(2)12-22-18-6-4-16(5-7-18)15(3)19-13-23-20(24-19)17-8-10-21-11-9-17/h4-11,13,15,22H,1,12H2,2-3H3,(H,23,24). The molecule has 2 aromatic heterocycles. The maximum Gasteiger partial charge on any atom is 0.137 e. The molecule has 0 radical (unpaired) electrons. The van der Waals surface area contributed by atoms with E-state index in [1.165, 1.54) is 5.56 Å². The van der Waals surface area contributed by atoms with E-state index in [1.54, 1.807) is 12.4 Å². The van der Waals surface area contributed by atoms with Crippen LogP contribution >= 0.6 is 0 Å². The summed E-state index contributed by atoms with van der Waals surface area (Å²) >= 11 is 0. The van der Waals surface area contributed by atoms with Gasteiger partial charge in [-0.15, -0.1) is 0 Å². The Hall–Kier alpha value is -2.88. The molecule has 1 unspecified atom stereocenters. The van der Waals surface area contributed by atoms with E-state index < -0.39 is 0 Å². The molecular formula is C20H22N4. The Morgan fingerprint density at radius 3 is 2.54 bits per heavy atom. The molecule has 3 aromatic rings. The van der Waals surface area contributed by atoms with Gasteiger partial charge in [-0.1, -0.05) is 31.2 Å². The molecule has 0 aliphatic rings. The Morgan fingerprint density at radius 2 is 1.88 bits per heavy atom. The number of hydrogen-bond donors (Lipinski definition) is 2. The number of anilines is 1. The maximum absolute atomic E-state index is 4.49. The molecule has 0 fully saturated rings. The fourth-order valence-electron chi connectivity index (χ4n) is 2.53. The first-order chi connectivity index (χ1) is 11.6. The number of nitrogens with zero attached hydrogens (tertiary/aromatic N) is 2. The van der Waals surface area contributed by atoms with E-state index in [0.717, 1.165) is 34.9 Å².